The van der Waals surface area contributed by atoms with E-state index in [0.29, 0.717) is 0 Å². The zero-order chi connectivity index (χ0) is 42.0. The van der Waals surface area contributed by atoms with Gasteiger partial charge in [-0.15, -0.1) is 0 Å². The van der Waals surface area contributed by atoms with E-state index in [0.717, 1.165) is 88.7 Å². The highest BCUT2D eigenvalue weighted by atomic mass is 16.3. The van der Waals surface area contributed by atoms with Gasteiger partial charge in [0.05, 0.1) is 0 Å². The number of rotatable bonds is 7. The normalized spacial score (nSPS) is 10.6. The summed E-state index contributed by atoms with van der Waals surface area (Å²) in [6, 6.07) is 76.8. The van der Waals surface area contributed by atoms with E-state index < -0.39 is 0 Å². The minimum atomic E-state index is 0.121. The molecule has 0 aliphatic heterocycles. The van der Waals surface area contributed by atoms with E-state index in [9.17, 15) is 0 Å². The summed E-state index contributed by atoms with van der Waals surface area (Å²) >= 11 is 0. The second-order valence-corrected chi connectivity index (χ2v) is 14.8. The third-order valence-electron chi connectivity index (χ3n) is 10.6. The number of nitrogens with two attached hydrogens (primary N) is 1. The van der Waals surface area contributed by atoms with Gasteiger partial charge in [-0.3, -0.25) is 5.41 Å². The highest BCUT2D eigenvalue weighted by Gasteiger charge is 2.21. The molecule has 4 heteroatoms. The Morgan fingerprint density at radius 3 is 1.28 bits per heavy atom. The lowest BCUT2D eigenvalue weighted by molar-refractivity contribution is 0.671. The zero-order valence-corrected chi connectivity index (χ0v) is 33.9. The molecular formula is C57H45N3O. The summed E-state index contributed by atoms with van der Waals surface area (Å²) in [5, 5.41) is 17.4. The standard InChI is InChI=1S/C43H29NO.C7H8N2.C7H8/c44-28-33-21-22-38(37-24-34(29-13-5-1-6-14-29)23-35(25-37)30-15-7-2-8-16-30)43-41(33)40-27-36(31-17-9-3-10-18-31)26-39(42(40)45-43)32-19-11-4-12-20-32;8-7(9)6-4-2-1-3-5-6;1-7-5-3-2-4-6-7/h1-28,44H;1-5H,(H3,8,9);2-6H,1H3. The molecule has 0 saturated heterocycles. The van der Waals surface area contributed by atoms with Gasteiger partial charge in [-0.05, 0) is 87.8 Å². The summed E-state index contributed by atoms with van der Waals surface area (Å²) < 4.78 is 6.94. The van der Waals surface area contributed by atoms with Crippen LogP contribution in [-0.4, -0.2) is 12.1 Å². The van der Waals surface area contributed by atoms with E-state index in [-0.39, 0.29) is 5.84 Å². The molecule has 0 bridgehead atoms. The molecule has 61 heavy (non-hydrogen) atoms. The van der Waals surface area contributed by atoms with Crippen LogP contribution in [0.4, 0.5) is 0 Å². The molecule has 1 heterocycles. The van der Waals surface area contributed by atoms with Crippen molar-refractivity contribution < 1.29 is 4.42 Å². The molecule has 0 aliphatic carbocycles. The summed E-state index contributed by atoms with van der Waals surface area (Å²) in [6.45, 7) is 2.08. The van der Waals surface area contributed by atoms with Crippen molar-refractivity contribution in [2.75, 3.05) is 0 Å². The van der Waals surface area contributed by atoms with Gasteiger partial charge in [0.1, 0.15) is 17.0 Å². The molecule has 10 aromatic rings. The summed E-state index contributed by atoms with van der Waals surface area (Å²) in [4.78, 5) is 0. The second-order valence-electron chi connectivity index (χ2n) is 14.8. The van der Waals surface area contributed by atoms with E-state index in [4.69, 9.17) is 21.0 Å². The van der Waals surface area contributed by atoms with Gasteiger partial charge in [0, 0.05) is 39.2 Å². The number of fused-ring (bicyclic) bond motifs is 3. The predicted molar refractivity (Wildman–Crippen MR) is 257 cm³/mol. The molecule has 4 nitrogen and oxygen atoms in total. The van der Waals surface area contributed by atoms with Gasteiger partial charge in [-0.2, -0.15) is 0 Å². The number of benzene rings is 9. The first kappa shape index (κ1) is 39.7. The Hall–Kier alpha value is -8.08. The lowest BCUT2D eigenvalue weighted by Gasteiger charge is -2.12. The summed E-state index contributed by atoms with van der Waals surface area (Å²) in [5.41, 5.74) is 20.8. The molecule has 1 aromatic heterocycles. The summed E-state index contributed by atoms with van der Waals surface area (Å²) in [5.74, 6) is 0.121. The first-order valence-corrected chi connectivity index (χ1v) is 20.3. The van der Waals surface area contributed by atoms with E-state index in [2.05, 4.69) is 153 Å². The maximum absolute atomic E-state index is 8.38. The van der Waals surface area contributed by atoms with Gasteiger partial charge in [0.2, 0.25) is 0 Å². The average Bonchev–Trinajstić information content (AvgIpc) is 3.73. The highest BCUT2D eigenvalue weighted by molar-refractivity contribution is 6.19. The van der Waals surface area contributed by atoms with Crippen LogP contribution in [-0.2, 0) is 0 Å². The fourth-order valence-corrected chi connectivity index (χ4v) is 7.52. The molecule has 0 amide bonds. The number of furan rings is 1. The predicted octanol–water partition coefficient (Wildman–Crippen LogP) is 14.9. The van der Waals surface area contributed by atoms with Crippen molar-refractivity contribution in [3.05, 3.63) is 241 Å². The number of hydrogen-bond donors (Lipinski definition) is 3. The van der Waals surface area contributed by atoms with Crippen LogP contribution in [0.5, 0.6) is 0 Å². The van der Waals surface area contributed by atoms with Gasteiger partial charge in [0.25, 0.3) is 0 Å². The van der Waals surface area contributed by atoms with Crippen LogP contribution < -0.4 is 5.73 Å². The van der Waals surface area contributed by atoms with Crippen molar-refractivity contribution in [1.82, 2.24) is 0 Å². The molecule has 4 N–H and O–H groups in total. The number of aryl methyl sites for hydroxylation is 1. The quantitative estimate of drug-likeness (QED) is 0.111. The van der Waals surface area contributed by atoms with Crippen molar-refractivity contribution in [1.29, 1.82) is 10.8 Å². The van der Waals surface area contributed by atoms with Crippen molar-refractivity contribution in [2.24, 2.45) is 5.73 Å². The first-order valence-electron chi connectivity index (χ1n) is 20.3. The lowest BCUT2D eigenvalue weighted by atomic mass is 9.91. The van der Waals surface area contributed by atoms with Crippen molar-refractivity contribution in [2.45, 2.75) is 6.92 Å². The van der Waals surface area contributed by atoms with Crippen LogP contribution in [0.25, 0.3) is 77.6 Å². The van der Waals surface area contributed by atoms with Crippen LogP contribution in [0, 0.1) is 17.7 Å². The van der Waals surface area contributed by atoms with Crippen LogP contribution >= 0.6 is 0 Å². The summed E-state index contributed by atoms with van der Waals surface area (Å²) in [6.07, 6.45) is 1.44. The van der Waals surface area contributed by atoms with Crippen LogP contribution in [0.15, 0.2) is 229 Å². The van der Waals surface area contributed by atoms with Crippen molar-refractivity contribution >= 4 is 34.0 Å². The Morgan fingerprint density at radius 2 is 0.852 bits per heavy atom. The van der Waals surface area contributed by atoms with Crippen LogP contribution in [0.2, 0.25) is 0 Å². The number of hydrogen-bond acceptors (Lipinski definition) is 3. The van der Waals surface area contributed by atoms with E-state index in [1.54, 1.807) is 0 Å². The summed E-state index contributed by atoms with van der Waals surface area (Å²) in [7, 11) is 0. The molecule has 294 valence electrons. The molecule has 0 aliphatic rings. The molecule has 9 aromatic carbocycles. The monoisotopic (exact) mass is 787 g/mol. The first-order chi connectivity index (χ1) is 30.0. The van der Waals surface area contributed by atoms with Gasteiger partial charge in [0.15, 0.2) is 0 Å². The largest absolute Gasteiger partial charge is 0.455 e. The second kappa shape index (κ2) is 18.7. The zero-order valence-electron chi connectivity index (χ0n) is 33.9. The van der Waals surface area contributed by atoms with Gasteiger partial charge >= 0.3 is 0 Å². The molecule has 0 unspecified atom stereocenters. The van der Waals surface area contributed by atoms with E-state index >= 15 is 0 Å². The van der Waals surface area contributed by atoms with Gasteiger partial charge in [-0.25, -0.2) is 0 Å². The Bertz CT molecular complexity index is 2980. The third-order valence-corrected chi connectivity index (χ3v) is 10.6. The topological polar surface area (TPSA) is 86.9 Å². The molecule has 0 fully saturated rings. The molecule has 0 radical (unpaired) electrons. The fraction of sp³-hybridized carbons (Fsp3) is 0.0175. The minimum Gasteiger partial charge on any atom is -0.455 e. The van der Waals surface area contributed by atoms with E-state index in [1.807, 2.05) is 78.9 Å². The Labute approximate surface area is 357 Å². The Kier molecular flexibility index (Phi) is 12.2. The van der Waals surface area contributed by atoms with E-state index in [1.165, 1.54) is 11.8 Å². The van der Waals surface area contributed by atoms with Crippen molar-refractivity contribution in [3.8, 4) is 55.6 Å². The van der Waals surface area contributed by atoms with Gasteiger partial charge in [-0.1, -0.05) is 194 Å². The van der Waals surface area contributed by atoms with Crippen molar-refractivity contribution in [3.63, 3.8) is 0 Å². The highest BCUT2D eigenvalue weighted by Crippen LogP contribution is 2.44. The van der Waals surface area contributed by atoms with Crippen LogP contribution in [0.1, 0.15) is 16.7 Å². The fourth-order valence-electron chi connectivity index (χ4n) is 7.52. The molecule has 0 atom stereocenters. The number of nitrogen functional groups attached to an aromatic ring is 1. The lowest BCUT2D eigenvalue weighted by Crippen LogP contribution is -2.10. The molecule has 0 spiro atoms. The Morgan fingerprint density at radius 1 is 0.426 bits per heavy atom. The third kappa shape index (κ3) is 9.15. The van der Waals surface area contributed by atoms with Crippen LogP contribution in [0.3, 0.4) is 0 Å². The Balaban J connectivity index is 0.000000268. The average molecular weight is 788 g/mol. The number of nitrogens with one attached hydrogen (secondary N) is 2. The maximum Gasteiger partial charge on any atom is 0.143 e. The minimum absolute atomic E-state index is 0.121. The van der Waals surface area contributed by atoms with Gasteiger partial charge < -0.3 is 15.6 Å². The molecule has 10 rings (SSSR count). The number of amidine groups is 1. The maximum atomic E-state index is 8.38. The SMILES string of the molecule is Cc1ccccc1.N=C(N)c1ccccc1.N=Cc1ccc(-c2cc(-c3ccccc3)cc(-c3ccccc3)c2)c2oc3c(-c4ccccc4)cc(-c4ccccc4)cc3c12. The molecule has 0 saturated carbocycles. The molecular weight excluding hydrogens is 743 g/mol. The smallest absolute Gasteiger partial charge is 0.143 e.